The number of hydrogen-bond donors (Lipinski definition) is 1. The van der Waals surface area contributed by atoms with Crippen molar-refractivity contribution in [2.75, 3.05) is 0 Å². The summed E-state index contributed by atoms with van der Waals surface area (Å²) in [6.07, 6.45) is 1.32. The molecule has 0 radical (unpaired) electrons. The zero-order valence-electron chi connectivity index (χ0n) is 13.7. The molecule has 2 atom stereocenters. The number of amides is 2. The number of piperazine rings is 1. The van der Waals surface area contributed by atoms with Crippen molar-refractivity contribution in [3.63, 3.8) is 0 Å². The summed E-state index contributed by atoms with van der Waals surface area (Å²) in [5.41, 5.74) is 0.215. The van der Waals surface area contributed by atoms with Crippen LogP contribution in [0.3, 0.4) is 0 Å². The minimum atomic E-state index is -0.911. The predicted molar refractivity (Wildman–Crippen MR) is 90.9 cm³/mol. The number of piperidine rings is 2. The summed E-state index contributed by atoms with van der Waals surface area (Å²) in [5, 5.41) is 2.97. The van der Waals surface area contributed by atoms with E-state index >= 15 is 0 Å². The Kier molecular flexibility index (Phi) is 3.23. The van der Waals surface area contributed by atoms with Crippen molar-refractivity contribution in [2.45, 2.75) is 37.4 Å². The number of fused-ring (bicyclic) bond motifs is 3. The van der Waals surface area contributed by atoms with E-state index in [-0.39, 0.29) is 11.8 Å². The van der Waals surface area contributed by atoms with Crippen molar-refractivity contribution < 1.29 is 9.59 Å². The van der Waals surface area contributed by atoms with Crippen LogP contribution in [0.15, 0.2) is 60.7 Å². The van der Waals surface area contributed by atoms with E-state index in [1.165, 1.54) is 0 Å². The van der Waals surface area contributed by atoms with Crippen molar-refractivity contribution in [1.82, 2.24) is 10.2 Å². The van der Waals surface area contributed by atoms with Gasteiger partial charge in [-0.15, -0.1) is 0 Å². The Morgan fingerprint density at radius 3 is 2.21 bits per heavy atom. The molecule has 3 fully saturated rings. The normalized spacial score (nSPS) is 28.8. The number of nitrogens with one attached hydrogen (secondary N) is 1. The fraction of sp³-hybridized carbons (Fsp3) is 0.300. The van der Waals surface area contributed by atoms with Gasteiger partial charge in [0.15, 0.2) is 0 Å². The van der Waals surface area contributed by atoms with Crippen molar-refractivity contribution >= 4 is 11.8 Å². The second-order valence-electron chi connectivity index (χ2n) is 6.89. The molecule has 4 heteroatoms. The van der Waals surface area contributed by atoms with Gasteiger partial charge in [0.25, 0.3) is 5.91 Å². The summed E-state index contributed by atoms with van der Waals surface area (Å²) in [6.45, 7) is 2.27. The molecule has 2 unspecified atom stereocenters. The monoisotopic (exact) mass is 320 g/mol. The van der Waals surface area contributed by atoms with Crippen LogP contribution < -0.4 is 5.32 Å². The maximum Gasteiger partial charge on any atom is 0.251 e. The number of hydrogen-bond acceptors (Lipinski definition) is 2. The molecule has 2 aromatic rings. The van der Waals surface area contributed by atoms with Gasteiger partial charge >= 0.3 is 0 Å². The third-order valence-corrected chi connectivity index (χ3v) is 5.36. The number of benzene rings is 2. The summed E-state index contributed by atoms with van der Waals surface area (Å²) in [7, 11) is 0. The van der Waals surface area contributed by atoms with Crippen LogP contribution >= 0.6 is 0 Å². The van der Waals surface area contributed by atoms with Gasteiger partial charge in [-0.3, -0.25) is 9.59 Å². The van der Waals surface area contributed by atoms with Crippen LogP contribution in [0.1, 0.15) is 30.9 Å². The molecule has 2 bridgehead atoms. The van der Waals surface area contributed by atoms with E-state index in [4.69, 9.17) is 0 Å². The highest BCUT2D eigenvalue weighted by atomic mass is 16.2. The Morgan fingerprint density at radius 2 is 1.58 bits per heavy atom. The molecule has 0 aromatic heterocycles. The maximum atomic E-state index is 13.1. The lowest BCUT2D eigenvalue weighted by molar-refractivity contribution is -0.173. The average Bonchev–Trinajstić information content (AvgIpc) is 2.61. The molecule has 3 saturated heterocycles. The number of carbonyl (C=O) groups is 2. The summed E-state index contributed by atoms with van der Waals surface area (Å²) in [4.78, 5) is 28.0. The van der Waals surface area contributed by atoms with Crippen LogP contribution in [0.25, 0.3) is 0 Å². The summed E-state index contributed by atoms with van der Waals surface area (Å²) < 4.78 is 0. The largest absolute Gasteiger partial charge is 0.340 e. The first-order valence-corrected chi connectivity index (χ1v) is 8.30. The number of nitrogens with zero attached hydrogens (tertiary/aromatic N) is 1. The van der Waals surface area contributed by atoms with Gasteiger partial charge in [0.05, 0.1) is 0 Å². The van der Waals surface area contributed by atoms with E-state index in [2.05, 4.69) is 5.32 Å². The van der Waals surface area contributed by atoms with E-state index in [1.807, 2.05) is 67.6 Å². The zero-order chi connectivity index (χ0) is 16.8. The van der Waals surface area contributed by atoms with Crippen LogP contribution in [-0.4, -0.2) is 22.3 Å². The predicted octanol–water partition coefficient (Wildman–Crippen LogP) is 2.59. The fourth-order valence-electron chi connectivity index (χ4n) is 3.97. The molecular weight excluding hydrogens is 300 g/mol. The highest BCUT2D eigenvalue weighted by molar-refractivity contribution is 6.04. The quantitative estimate of drug-likeness (QED) is 0.945. The van der Waals surface area contributed by atoms with Crippen LogP contribution in [0.4, 0.5) is 0 Å². The Labute approximate surface area is 141 Å². The summed E-state index contributed by atoms with van der Waals surface area (Å²) >= 11 is 0. The molecule has 3 aliphatic heterocycles. The molecule has 0 aliphatic carbocycles. The van der Waals surface area contributed by atoms with Crippen LogP contribution in [0, 0.1) is 0 Å². The van der Waals surface area contributed by atoms with Crippen LogP contribution in [0.2, 0.25) is 0 Å². The lowest BCUT2D eigenvalue weighted by Gasteiger charge is -2.57. The Bertz CT molecular complexity index is 790. The molecule has 2 amide bonds. The highest BCUT2D eigenvalue weighted by Crippen LogP contribution is 2.46. The first kappa shape index (κ1) is 14.9. The van der Waals surface area contributed by atoms with Gasteiger partial charge < -0.3 is 10.2 Å². The summed E-state index contributed by atoms with van der Waals surface area (Å²) in [5.74, 6) is -0.0703. The molecule has 2 aromatic carbocycles. The maximum absolute atomic E-state index is 13.1. The first-order chi connectivity index (χ1) is 11.6. The third kappa shape index (κ3) is 1.99. The molecule has 3 heterocycles. The molecule has 5 rings (SSSR count). The van der Waals surface area contributed by atoms with Crippen molar-refractivity contribution in [3.8, 4) is 0 Å². The van der Waals surface area contributed by atoms with E-state index in [0.29, 0.717) is 19.4 Å². The van der Waals surface area contributed by atoms with Gasteiger partial charge in [-0.2, -0.15) is 0 Å². The van der Waals surface area contributed by atoms with E-state index in [0.717, 1.165) is 11.1 Å². The molecule has 0 saturated carbocycles. The van der Waals surface area contributed by atoms with Gasteiger partial charge in [0.1, 0.15) is 11.1 Å². The zero-order valence-corrected chi connectivity index (χ0v) is 13.7. The molecule has 1 N–H and O–H groups in total. The van der Waals surface area contributed by atoms with Crippen LogP contribution in [-0.2, 0) is 21.7 Å². The molecule has 0 spiro atoms. The second-order valence-corrected chi connectivity index (χ2v) is 6.89. The molecule has 3 aliphatic rings. The van der Waals surface area contributed by atoms with E-state index in [1.54, 1.807) is 4.90 Å². The Balaban J connectivity index is 1.84. The van der Waals surface area contributed by atoms with Crippen LogP contribution in [0.5, 0.6) is 0 Å². The SMILES string of the molecule is CC12CCC(c3ccccc3)(C(=O)N1)N(Cc1ccccc1)C2=O. The molecule has 4 nitrogen and oxygen atoms in total. The van der Waals surface area contributed by atoms with Gasteiger partial charge in [-0.25, -0.2) is 0 Å². The standard InChI is InChI=1S/C20H20N2O2/c1-19-12-13-20(17(23)21-19,16-10-6-3-7-11-16)22(18(19)24)14-15-8-4-2-5-9-15/h2-11H,12-14H2,1H3,(H,21,23). The molecule has 122 valence electrons. The third-order valence-electron chi connectivity index (χ3n) is 5.36. The first-order valence-electron chi connectivity index (χ1n) is 8.30. The van der Waals surface area contributed by atoms with E-state index < -0.39 is 11.1 Å². The van der Waals surface area contributed by atoms with Crippen molar-refractivity contribution in [3.05, 3.63) is 71.8 Å². The summed E-state index contributed by atoms with van der Waals surface area (Å²) in [6, 6.07) is 19.5. The van der Waals surface area contributed by atoms with Gasteiger partial charge in [0, 0.05) is 6.54 Å². The number of rotatable bonds is 3. The lowest BCUT2D eigenvalue weighted by Crippen LogP contribution is -2.77. The second kappa shape index (κ2) is 5.20. The van der Waals surface area contributed by atoms with Gasteiger partial charge in [0.2, 0.25) is 5.91 Å². The van der Waals surface area contributed by atoms with Crippen molar-refractivity contribution in [2.24, 2.45) is 0 Å². The number of carbonyl (C=O) groups excluding carboxylic acids is 2. The smallest absolute Gasteiger partial charge is 0.251 e. The topological polar surface area (TPSA) is 49.4 Å². The van der Waals surface area contributed by atoms with E-state index in [9.17, 15) is 9.59 Å². The van der Waals surface area contributed by atoms with Gasteiger partial charge in [-0.1, -0.05) is 60.7 Å². The Hall–Kier alpha value is -2.62. The molecular formula is C20H20N2O2. The van der Waals surface area contributed by atoms with Crippen molar-refractivity contribution in [1.29, 1.82) is 0 Å². The fourth-order valence-corrected chi connectivity index (χ4v) is 3.97. The molecule has 24 heavy (non-hydrogen) atoms. The minimum Gasteiger partial charge on any atom is -0.340 e. The highest BCUT2D eigenvalue weighted by Gasteiger charge is 2.62. The minimum absolute atomic E-state index is 0.000978. The Morgan fingerprint density at radius 1 is 0.958 bits per heavy atom. The van der Waals surface area contributed by atoms with Gasteiger partial charge in [-0.05, 0) is 30.9 Å². The lowest BCUT2D eigenvalue weighted by atomic mass is 9.69. The average molecular weight is 320 g/mol.